The summed E-state index contributed by atoms with van der Waals surface area (Å²) in [5, 5.41) is 1.16. The number of nitrogens with zero attached hydrogens (tertiary/aromatic N) is 2. The number of rotatable bonds is 5. The number of H-pyrrole nitrogens is 1. The minimum atomic E-state index is -0.218. The van der Waals surface area contributed by atoms with E-state index in [9.17, 15) is 9.59 Å². The van der Waals surface area contributed by atoms with Crippen LogP contribution in [-0.4, -0.2) is 20.8 Å². The summed E-state index contributed by atoms with van der Waals surface area (Å²) in [5.74, 6) is 0.300. The number of halogens is 1. The Kier molecular flexibility index (Phi) is 5.63. The molecule has 0 radical (unpaired) electrons. The van der Waals surface area contributed by atoms with Crippen LogP contribution in [0.5, 0.6) is 0 Å². The highest BCUT2D eigenvalue weighted by atomic mass is 35.5. The SMILES string of the molecule is Cc1ccc(C(=O)N(Cc2ccc(Cl)cc2)Cc2nc3ccccc3c(=O)[nH]2)cc1. The van der Waals surface area contributed by atoms with Crippen LogP contribution in [0.1, 0.15) is 27.3 Å². The molecule has 1 N–H and O–H groups in total. The van der Waals surface area contributed by atoms with Gasteiger partial charge < -0.3 is 9.88 Å². The number of carbonyl (C=O) groups is 1. The van der Waals surface area contributed by atoms with Crippen LogP contribution in [0, 0.1) is 6.92 Å². The van der Waals surface area contributed by atoms with E-state index in [2.05, 4.69) is 9.97 Å². The van der Waals surface area contributed by atoms with Gasteiger partial charge in [-0.25, -0.2) is 4.98 Å². The van der Waals surface area contributed by atoms with Crippen molar-refractivity contribution < 1.29 is 4.79 Å². The van der Waals surface area contributed by atoms with Crippen LogP contribution in [0.4, 0.5) is 0 Å². The summed E-state index contributed by atoms with van der Waals surface area (Å²) in [6, 6.07) is 21.9. The van der Waals surface area contributed by atoms with Gasteiger partial charge in [0.1, 0.15) is 5.82 Å². The maximum atomic E-state index is 13.3. The standard InChI is InChI=1S/C24H20ClN3O2/c1-16-6-10-18(11-7-16)24(30)28(14-17-8-12-19(25)13-9-17)15-22-26-21-5-3-2-4-20(21)23(29)27-22/h2-13H,14-15H2,1H3,(H,26,27,29). The number of nitrogens with one attached hydrogen (secondary N) is 1. The summed E-state index contributed by atoms with van der Waals surface area (Å²) in [4.78, 5) is 34.7. The molecule has 30 heavy (non-hydrogen) atoms. The van der Waals surface area contributed by atoms with E-state index in [-0.39, 0.29) is 18.0 Å². The second-order valence-electron chi connectivity index (χ2n) is 7.18. The van der Waals surface area contributed by atoms with Crippen molar-refractivity contribution in [1.82, 2.24) is 14.9 Å². The van der Waals surface area contributed by atoms with E-state index < -0.39 is 0 Å². The summed E-state index contributed by atoms with van der Waals surface area (Å²) < 4.78 is 0. The number of hydrogen-bond acceptors (Lipinski definition) is 3. The quantitative estimate of drug-likeness (QED) is 0.510. The lowest BCUT2D eigenvalue weighted by Crippen LogP contribution is -2.31. The Hall–Kier alpha value is -3.44. The van der Waals surface area contributed by atoms with Gasteiger partial charge in [-0.15, -0.1) is 0 Å². The molecule has 0 aliphatic heterocycles. The number of aromatic nitrogens is 2. The number of fused-ring (bicyclic) bond motifs is 1. The average molecular weight is 418 g/mol. The molecule has 0 aliphatic carbocycles. The third-order valence-corrected chi connectivity index (χ3v) is 5.13. The van der Waals surface area contributed by atoms with Gasteiger partial charge in [0.15, 0.2) is 0 Å². The molecule has 6 heteroatoms. The molecule has 5 nitrogen and oxygen atoms in total. The molecule has 0 atom stereocenters. The predicted octanol–water partition coefficient (Wildman–Crippen LogP) is 4.73. The molecule has 0 saturated carbocycles. The van der Waals surface area contributed by atoms with E-state index in [0.717, 1.165) is 11.1 Å². The zero-order chi connectivity index (χ0) is 21.1. The van der Waals surface area contributed by atoms with Crippen LogP contribution in [0.15, 0.2) is 77.6 Å². The minimum Gasteiger partial charge on any atom is -0.327 e. The zero-order valence-electron chi connectivity index (χ0n) is 16.4. The van der Waals surface area contributed by atoms with Crippen molar-refractivity contribution in [2.24, 2.45) is 0 Å². The highest BCUT2D eigenvalue weighted by molar-refractivity contribution is 6.30. The Balaban J connectivity index is 1.69. The maximum Gasteiger partial charge on any atom is 0.258 e. The highest BCUT2D eigenvalue weighted by Crippen LogP contribution is 2.16. The van der Waals surface area contributed by atoms with Crippen molar-refractivity contribution in [1.29, 1.82) is 0 Å². The van der Waals surface area contributed by atoms with Crippen LogP contribution in [0.25, 0.3) is 10.9 Å². The predicted molar refractivity (Wildman–Crippen MR) is 119 cm³/mol. The lowest BCUT2D eigenvalue weighted by Gasteiger charge is -2.23. The molecule has 0 fully saturated rings. The summed E-state index contributed by atoms with van der Waals surface area (Å²) in [6.07, 6.45) is 0. The lowest BCUT2D eigenvalue weighted by molar-refractivity contribution is 0.0725. The molecule has 4 aromatic rings. The Bertz CT molecular complexity index is 1250. The second-order valence-corrected chi connectivity index (χ2v) is 7.62. The van der Waals surface area contributed by atoms with Gasteiger partial charge >= 0.3 is 0 Å². The first kappa shape index (κ1) is 19.9. The fraction of sp³-hybridized carbons (Fsp3) is 0.125. The lowest BCUT2D eigenvalue weighted by atomic mass is 10.1. The van der Waals surface area contributed by atoms with Crippen LogP contribution in [-0.2, 0) is 13.1 Å². The smallest absolute Gasteiger partial charge is 0.258 e. The summed E-state index contributed by atoms with van der Waals surface area (Å²) in [5.41, 5.74) is 2.98. The molecule has 4 rings (SSSR count). The maximum absolute atomic E-state index is 13.3. The molecule has 0 unspecified atom stereocenters. The van der Waals surface area contributed by atoms with E-state index in [1.807, 2.05) is 49.4 Å². The van der Waals surface area contributed by atoms with Crippen LogP contribution in [0.2, 0.25) is 5.02 Å². The number of amides is 1. The summed E-state index contributed by atoms with van der Waals surface area (Å²) >= 11 is 5.99. The van der Waals surface area contributed by atoms with Gasteiger partial charge in [0, 0.05) is 17.1 Å². The van der Waals surface area contributed by atoms with Crippen LogP contribution in [0.3, 0.4) is 0 Å². The van der Waals surface area contributed by atoms with E-state index in [4.69, 9.17) is 11.6 Å². The monoisotopic (exact) mass is 417 g/mol. The third-order valence-electron chi connectivity index (χ3n) is 4.87. The molecule has 3 aromatic carbocycles. The molecule has 0 bridgehead atoms. The molecule has 0 saturated heterocycles. The molecule has 1 heterocycles. The summed E-state index contributed by atoms with van der Waals surface area (Å²) in [6.45, 7) is 2.51. The largest absolute Gasteiger partial charge is 0.327 e. The Morgan fingerprint density at radius 3 is 2.40 bits per heavy atom. The van der Waals surface area contributed by atoms with Gasteiger partial charge in [0.2, 0.25) is 0 Å². The van der Waals surface area contributed by atoms with Gasteiger partial charge in [0.05, 0.1) is 17.4 Å². The van der Waals surface area contributed by atoms with Crippen molar-refractivity contribution >= 4 is 28.4 Å². The number of aryl methyl sites for hydroxylation is 1. The molecular formula is C24H20ClN3O2. The van der Waals surface area contributed by atoms with E-state index >= 15 is 0 Å². The molecule has 150 valence electrons. The molecule has 1 aromatic heterocycles. The fourth-order valence-electron chi connectivity index (χ4n) is 3.28. The second kappa shape index (κ2) is 8.51. The van der Waals surface area contributed by atoms with E-state index in [1.54, 1.807) is 35.2 Å². The van der Waals surface area contributed by atoms with Gasteiger partial charge in [-0.1, -0.05) is 53.6 Å². The number of hydrogen-bond donors (Lipinski definition) is 1. The number of benzene rings is 3. The highest BCUT2D eigenvalue weighted by Gasteiger charge is 2.18. The van der Waals surface area contributed by atoms with Crippen molar-refractivity contribution in [2.75, 3.05) is 0 Å². The third kappa shape index (κ3) is 4.42. The van der Waals surface area contributed by atoms with Crippen LogP contribution < -0.4 is 5.56 Å². The number of para-hydroxylation sites is 1. The molecule has 1 amide bonds. The molecular weight excluding hydrogens is 398 g/mol. The van der Waals surface area contributed by atoms with Gasteiger partial charge in [0.25, 0.3) is 11.5 Å². The van der Waals surface area contributed by atoms with E-state index in [0.29, 0.717) is 33.9 Å². The van der Waals surface area contributed by atoms with Crippen molar-refractivity contribution in [3.05, 3.63) is 111 Å². The van der Waals surface area contributed by atoms with Crippen molar-refractivity contribution in [2.45, 2.75) is 20.0 Å². The summed E-state index contributed by atoms with van der Waals surface area (Å²) in [7, 11) is 0. The fourth-order valence-corrected chi connectivity index (χ4v) is 3.40. The number of aromatic amines is 1. The van der Waals surface area contributed by atoms with E-state index in [1.165, 1.54) is 0 Å². The van der Waals surface area contributed by atoms with Crippen LogP contribution >= 0.6 is 11.6 Å². The average Bonchev–Trinajstić information content (AvgIpc) is 2.75. The normalized spacial score (nSPS) is 10.9. The van der Waals surface area contributed by atoms with Gasteiger partial charge in [-0.3, -0.25) is 9.59 Å². The van der Waals surface area contributed by atoms with Gasteiger partial charge in [-0.2, -0.15) is 0 Å². The van der Waals surface area contributed by atoms with Gasteiger partial charge in [-0.05, 0) is 48.9 Å². The topological polar surface area (TPSA) is 66.1 Å². The Labute approximate surface area is 179 Å². The van der Waals surface area contributed by atoms with Crippen molar-refractivity contribution in [3.63, 3.8) is 0 Å². The Morgan fingerprint density at radius 2 is 1.67 bits per heavy atom. The molecule has 0 aliphatic rings. The minimum absolute atomic E-state index is 0.138. The first-order valence-electron chi connectivity index (χ1n) is 9.58. The first-order chi connectivity index (χ1) is 14.5. The first-order valence-corrected chi connectivity index (χ1v) is 9.96. The number of carbonyl (C=O) groups excluding carboxylic acids is 1. The Morgan fingerprint density at radius 1 is 0.967 bits per heavy atom. The van der Waals surface area contributed by atoms with Crippen molar-refractivity contribution in [3.8, 4) is 0 Å². The molecule has 0 spiro atoms. The zero-order valence-corrected chi connectivity index (χ0v) is 17.2.